The Labute approximate surface area is 157 Å². The molecule has 0 heterocycles. The number of anilines is 1. The number of fused-ring (bicyclic) bond motifs is 1. The van der Waals surface area contributed by atoms with Gasteiger partial charge in [0.15, 0.2) is 0 Å². The quantitative estimate of drug-likeness (QED) is 0.688. The minimum absolute atomic E-state index is 0.00558. The third kappa shape index (κ3) is 4.06. The number of nitrogens with one attached hydrogen (secondary N) is 1. The highest BCUT2D eigenvalue weighted by molar-refractivity contribution is 7.98. The third-order valence-electron chi connectivity index (χ3n) is 4.10. The van der Waals surface area contributed by atoms with Gasteiger partial charge in [-0.05, 0) is 41.3 Å². The Kier molecular flexibility index (Phi) is 5.58. The molecule has 0 atom stereocenters. The second-order valence-electron chi connectivity index (χ2n) is 5.97. The molecule has 4 nitrogen and oxygen atoms in total. The summed E-state index contributed by atoms with van der Waals surface area (Å²) in [7, 11) is 1.64. The van der Waals surface area contributed by atoms with Gasteiger partial charge in [-0.25, -0.2) is 0 Å². The molecule has 3 rings (SSSR count). The van der Waals surface area contributed by atoms with Crippen molar-refractivity contribution in [1.82, 2.24) is 4.90 Å². The first-order valence-electron chi connectivity index (χ1n) is 8.25. The van der Waals surface area contributed by atoms with Crippen LogP contribution in [0.15, 0.2) is 71.6 Å². The highest BCUT2D eigenvalue weighted by Crippen LogP contribution is 2.24. The lowest BCUT2D eigenvalue weighted by molar-refractivity contribution is -0.116. The van der Waals surface area contributed by atoms with Crippen molar-refractivity contribution in [3.8, 4) is 0 Å². The number of amides is 2. The van der Waals surface area contributed by atoms with Gasteiger partial charge in [0.25, 0.3) is 5.91 Å². The van der Waals surface area contributed by atoms with Crippen LogP contribution < -0.4 is 5.32 Å². The topological polar surface area (TPSA) is 49.4 Å². The zero-order chi connectivity index (χ0) is 18.5. The fourth-order valence-corrected chi connectivity index (χ4v) is 3.32. The summed E-state index contributed by atoms with van der Waals surface area (Å²) in [6, 6.07) is 21.1. The normalized spacial score (nSPS) is 10.5. The van der Waals surface area contributed by atoms with Gasteiger partial charge < -0.3 is 10.2 Å². The first kappa shape index (κ1) is 18.0. The van der Waals surface area contributed by atoms with Crippen LogP contribution >= 0.6 is 11.8 Å². The zero-order valence-corrected chi connectivity index (χ0v) is 15.5. The van der Waals surface area contributed by atoms with Crippen LogP contribution in [0.5, 0.6) is 0 Å². The maximum Gasteiger partial charge on any atom is 0.254 e. The van der Waals surface area contributed by atoms with Crippen molar-refractivity contribution >= 4 is 40.0 Å². The molecule has 3 aromatic carbocycles. The van der Waals surface area contributed by atoms with E-state index in [1.807, 2.05) is 66.9 Å². The van der Waals surface area contributed by atoms with E-state index in [4.69, 9.17) is 0 Å². The zero-order valence-electron chi connectivity index (χ0n) is 14.7. The van der Waals surface area contributed by atoms with E-state index in [0.29, 0.717) is 5.56 Å². The average molecular weight is 364 g/mol. The van der Waals surface area contributed by atoms with Gasteiger partial charge in [-0.3, -0.25) is 9.59 Å². The molecule has 0 aromatic heterocycles. The summed E-state index contributed by atoms with van der Waals surface area (Å²) < 4.78 is 0. The SMILES string of the molecule is CSc1ccccc1NC(=O)CN(C)C(=O)c1ccc2ccccc2c1. The maximum absolute atomic E-state index is 12.6. The van der Waals surface area contributed by atoms with Gasteiger partial charge in [0.1, 0.15) is 0 Å². The minimum Gasteiger partial charge on any atom is -0.332 e. The Hall–Kier alpha value is -2.79. The second kappa shape index (κ2) is 8.06. The number of likely N-dealkylation sites (N-methyl/N-ethyl adjacent to an activating group) is 1. The number of thioether (sulfide) groups is 1. The van der Waals surface area contributed by atoms with E-state index in [0.717, 1.165) is 21.4 Å². The van der Waals surface area contributed by atoms with Crippen LogP contribution in [0.25, 0.3) is 10.8 Å². The monoisotopic (exact) mass is 364 g/mol. The van der Waals surface area contributed by atoms with Gasteiger partial charge in [-0.2, -0.15) is 0 Å². The molecule has 0 aliphatic carbocycles. The number of hydrogen-bond acceptors (Lipinski definition) is 3. The summed E-state index contributed by atoms with van der Waals surface area (Å²) in [5.41, 5.74) is 1.33. The molecular weight excluding hydrogens is 344 g/mol. The Morgan fingerprint density at radius 3 is 2.42 bits per heavy atom. The van der Waals surface area contributed by atoms with Crippen molar-refractivity contribution in [3.05, 3.63) is 72.3 Å². The van der Waals surface area contributed by atoms with Crippen molar-refractivity contribution in [3.63, 3.8) is 0 Å². The van der Waals surface area contributed by atoms with Crippen LogP contribution in [0.3, 0.4) is 0 Å². The molecule has 5 heteroatoms. The fraction of sp³-hybridized carbons (Fsp3) is 0.143. The summed E-state index contributed by atoms with van der Waals surface area (Å²) in [6.07, 6.45) is 1.96. The molecule has 0 radical (unpaired) electrons. The van der Waals surface area contributed by atoms with Crippen molar-refractivity contribution < 1.29 is 9.59 Å². The van der Waals surface area contributed by atoms with Crippen LogP contribution in [-0.2, 0) is 4.79 Å². The van der Waals surface area contributed by atoms with Crippen LogP contribution in [0.4, 0.5) is 5.69 Å². The summed E-state index contributed by atoms with van der Waals surface area (Å²) in [5.74, 6) is -0.396. The van der Waals surface area contributed by atoms with Gasteiger partial charge in [-0.15, -0.1) is 11.8 Å². The van der Waals surface area contributed by atoms with Crippen LogP contribution in [0, 0.1) is 0 Å². The smallest absolute Gasteiger partial charge is 0.254 e. The van der Waals surface area contributed by atoms with E-state index in [2.05, 4.69) is 5.32 Å². The average Bonchev–Trinajstić information content (AvgIpc) is 2.67. The number of carbonyl (C=O) groups excluding carboxylic acids is 2. The highest BCUT2D eigenvalue weighted by atomic mass is 32.2. The molecule has 0 bridgehead atoms. The molecule has 1 N–H and O–H groups in total. The number of nitrogens with zero attached hydrogens (tertiary/aromatic N) is 1. The van der Waals surface area contributed by atoms with Crippen molar-refractivity contribution in [2.45, 2.75) is 4.90 Å². The molecule has 0 aliphatic rings. The molecule has 26 heavy (non-hydrogen) atoms. The summed E-state index contributed by atoms with van der Waals surface area (Å²) in [5, 5.41) is 4.96. The lowest BCUT2D eigenvalue weighted by Gasteiger charge is -2.18. The summed E-state index contributed by atoms with van der Waals surface area (Å²) in [4.78, 5) is 27.4. The van der Waals surface area contributed by atoms with Gasteiger partial charge in [0.05, 0.1) is 12.2 Å². The number of benzene rings is 3. The van der Waals surface area contributed by atoms with E-state index >= 15 is 0 Å². The molecule has 0 spiro atoms. The molecule has 3 aromatic rings. The second-order valence-corrected chi connectivity index (χ2v) is 6.82. The molecule has 0 saturated carbocycles. The number of hydrogen-bond donors (Lipinski definition) is 1. The molecule has 0 aliphatic heterocycles. The Morgan fingerprint density at radius 2 is 1.65 bits per heavy atom. The Bertz CT molecular complexity index is 955. The van der Waals surface area contributed by atoms with E-state index in [1.54, 1.807) is 24.9 Å². The molecule has 2 amide bonds. The lowest BCUT2D eigenvalue weighted by Crippen LogP contribution is -2.35. The molecule has 0 unspecified atom stereocenters. The molecule has 0 saturated heterocycles. The van der Waals surface area contributed by atoms with Crippen molar-refractivity contribution in [2.24, 2.45) is 0 Å². The van der Waals surface area contributed by atoms with Gasteiger partial charge in [0.2, 0.25) is 5.91 Å². The van der Waals surface area contributed by atoms with Gasteiger partial charge in [0, 0.05) is 17.5 Å². The first-order chi connectivity index (χ1) is 12.6. The van der Waals surface area contributed by atoms with Crippen LogP contribution in [0.2, 0.25) is 0 Å². The highest BCUT2D eigenvalue weighted by Gasteiger charge is 2.16. The van der Waals surface area contributed by atoms with Crippen molar-refractivity contribution in [1.29, 1.82) is 0 Å². The molecule has 132 valence electrons. The Morgan fingerprint density at radius 1 is 0.962 bits per heavy atom. The summed E-state index contributed by atoms with van der Waals surface area (Å²) in [6.45, 7) is -0.00558. The number of carbonyl (C=O) groups is 2. The lowest BCUT2D eigenvalue weighted by atomic mass is 10.1. The van der Waals surface area contributed by atoms with Crippen molar-refractivity contribution in [2.75, 3.05) is 25.2 Å². The largest absolute Gasteiger partial charge is 0.332 e. The van der Waals surface area contributed by atoms with Gasteiger partial charge in [-0.1, -0.05) is 42.5 Å². The van der Waals surface area contributed by atoms with Crippen LogP contribution in [-0.4, -0.2) is 36.6 Å². The number of rotatable bonds is 5. The molecular formula is C21H20N2O2S. The van der Waals surface area contributed by atoms with Crippen LogP contribution in [0.1, 0.15) is 10.4 Å². The van der Waals surface area contributed by atoms with E-state index < -0.39 is 0 Å². The third-order valence-corrected chi connectivity index (χ3v) is 4.90. The van der Waals surface area contributed by atoms with E-state index in [1.165, 1.54) is 4.90 Å². The first-order valence-corrected chi connectivity index (χ1v) is 9.48. The predicted molar refractivity (Wildman–Crippen MR) is 108 cm³/mol. The maximum atomic E-state index is 12.6. The fourth-order valence-electron chi connectivity index (χ4n) is 2.77. The predicted octanol–water partition coefficient (Wildman–Crippen LogP) is 4.27. The molecule has 0 fully saturated rings. The standard InChI is InChI=1S/C21H20N2O2S/c1-23(14-20(24)22-18-9-5-6-10-19(18)26-2)21(25)17-12-11-15-7-3-4-8-16(15)13-17/h3-13H,14H2,1-2H3,(H,22,24). The van der Waals surface area contributed by atoms with E-state index in [9.17, 15) is 9.59 Å². The van der Waals surface area contributed by atoms with E-state index in [-0.39, 0.29) is 18.4 Å². The Balaban J connectivity index is 1.69. The summed E-state index contributed by atoms with van der Waals surface area (Å²) >= 11 is 1.57. The van der Waals surface area contributed by atoms with Gasteiger partial charge >= 0.3 is 0 Å². The minimum atomic E-state index is -0.219. The number of para-hydroxylation sites is 1.